The van der Waals surface area contributed by atoms with E-state index < -0.39 is 0 Å². The Morgan fingerprint density at radius 3 is 2.65 bits per heavy atom. The summed E-state index contributed by atoms with van der Waals surface area (Å²) in [7, 11) is 1.58. The Morgan fingerprint density at radius 1 is 1.26 bits per heavy atom. The molecule has 23 heavy (non-hydrogen) atoms. The van der Waals surface area contributed by atoms with Crippen LogP contribution < -0.4 is 5.32 Å². The molecule has 1 unspecified atom stereocenters. The summed E-state index contributed by atoms with van der Waals surface area (Å²) in [6.45, 7) is 4.05. The Bertz CT molecular complexity index is 566. The summed E-state index contributed by atoms with van der Waals surface area (Å²) >= 11 is 0. The van der Waals surface area contributed by atoms with Gasteiger partial charge >= 0.3 is 0 Å². The summed E-state index contributed by atoms with van der Waals surface area (Å²) in [5.74, 6) is 0.392. The van der Waals surface area contributed by atoms with E-state index in [-0.39, 0.29) is 36.1 Å². The third-order valence-electron chi connectivity index (χ3n) is 4.94. The molecule has 3 amide bonds. The Balaban J connectivity index is 1.56. The van der Waals surface area contributed by atoms with E-state index in [0.29, 0.717) is 26.2 Å². The van der Waals surface area contributed by atoms with Gasteiger partial charge in [0.15, 0.2) is 0 Å². The number of ether oxygens (including phenoxy) is 1. The van der Waals surface area contributed by atoms with Crippen molar-refractivity contribution in [3.63, 3.8) is 0 Å². The highest BCUT2D eigenvalue weighted by Gasteiger charge is 2.43. The lowest BCUT2D eigenvalue weighted by molar-refractivity contribution is -0.142. The number of hydrogen-bond donors (Lipinski definition) is 1. The van der Waals surface area contributed by atoms with Gasteiger partial charge in [-0.25, -0.2) is 0 Å². The van der Waals surface area contributed by atoms with Crippen LogP contribution in [0, 0.1) is 5.92 Å². The number of hydrogen-bond acceptors (Lipinski definition) is 4. The third kappa shape index (κ3) is 2.92. The van der Waals surface area contributed by atoms with Crippen molar-refractivity contribution in [1.29, 1.82) is 0 Å². The SMILES string of the molecule is CNC(=O)C1CC(=O)N(C2CN(C(=O)C3=C(C)OCCC3)C2)C1. The number of carbonyl (C=O) groups excluding carboxylic acids is 3. The van der Waals surface area contributed by atoms with Gasteiger partial charge in [-0.1, -0.05) is 0 Å². The van der Waals surface area contributed by atoms with Crippen molar-refractivity contribution in [1.82, 2.24) is 15.1 Å². The van der Waals surface area contributed by atoms with Crippen LogP contribution in [0.4, 0.5) is 0 Å². The van der Waals surface area contributed by atoms with Gasteiger partial charge in [-0.15, -0.1) is 0 Å². The molecule has 0 saturated carbocycles. The molecule has 0 spiro atoms. The van der Waals surface area contributed by atoms with Crippen molar-refractivity contribution in [3.05, 3.63) is 11.3 Å². The second-order valence-corrected chi connectivity index (χ2v) is 6.41. The molecule has 0 aliphatic carbocycles. The highest BCUT2D eigenvalue weighted by molar-refractivity contribution is 5.95. The first-order chi connectivity index (χ1) is 11.0. The van der Waals surface area contributed by atoms with Gasteiger partial charge in [0.05, 0.1) is 24.1 Å². The monoisotopic (exact) mass is 321 g/mol. The lowest BCUT2D eigenvalue weighted by Crippen LogP contribution is -2.61. The lowest BCUT2D eigenvalue weighted by atomic mass is 10.0. The van der Waals surface area contributed by atoms with Crippen molar-refractivity contribution in [2.75, 3.05) is 33.3 Å². The van der Waals surface area contributed by atoms with Crippen LogP contribution in [0.2, 0.25) is 0 Å². The topological polar surface area (TPSA) is 79.0 Å². The molecule has 0 radical (unpaired) electrons. The van der Waals surface area contributed by atoms with Crippen molar-refractivity contribution in [2.24, 2.45) is 5.92 Å². The molecule has 7 heteroatoms. The number of rotatable bonds is 3. The van der Waals surface area contributed by atoms with Gasteiger partial charge in [-0.2, -0.15) is 0 Å². The van der Waals surface area contributed by atoms with Gasteiger partial charge in [0, 0.05) is 33.1 Å². The average molecular weight is 321 g/mol. The molecule has 3 aliphatic heterocycles. The number of carbonyl (C=O) groups is 3. The minimum absolute atomic E-state index is 0.00657. The molecule has 0 aromatic carbocycles. The van der Waals surface area contributed by atoms with Crippen LogP contribution in [0.1, 0.15) is 26.2 Å². The van der Waals surface area contributed by atoms with E-state index in [1.165, 1.54) is 0 Å². The van der Waals surface area contributed by atoms with Crippen molar-refractivity contribution < 1.29 is 19.1 Å². The average Bonchev–Trinajstić information content (AvgIpc) is 2.87. The Labute approximate surface area is 135 Å². The maximum atomic E-state index is 12.5. The van der Waals surface area contributed by atoms with Gasteiger partial charge in [-0.05, 0) is 19.8 Å². The molecule has 3 heterocycles. The molecular weight excluding hydrogens is 298 g/mol. The van der Waals surface area contributed by atoms with Gasteiger partial charge in [-0.3, -0.25) is 14.4 Å². The first kappa shape index (κ1) is 15.8. The molecular formula is C16H23N3O4. The minimum Gasteiger partial charge on any atom is -0.498 e. The van der Waals surface area contributed by atoms with Gasteiger partial charge < -0.3 is 19.9 Å². The lowest BCUT2D eigenvalue weighted by Gasteiger charge is -2.44. The summed E-state index contributed by atoms with van der Waals surface area (Å²) in [6, 6.07) is 0.0338. The maximum Gasteiger partial charge on any atom is 0.253 e. The fraction of sp³-hybridized carbons (Fsp3) is 0.688. The van der Waals surface area contributed by atoms with Crippen LogP contribution in [0.5, 0.6) is 0 Å². The van der Waals surface area contributed by atoms with E-state index in [0.717, 1.165) is 24.2 Å². The highest BCUT2D eigenvalue weighted by atomic mass is 16.5. The van der Waals surface area contributed by atoms with E-state index in [1.54, 1.807) is 16.8 Å². The number of likely N-dealkylation sites (tertiary alicyclic amines) is 2. The zero-order chi connectivity index (χ0) is 16.6. The number of amides is 3. The molecule has 2 saturated heterocycles. The summed E-state index contributed by atoms with van der Waals surface area (Å²) in [5, 5.41) is 2.60. The quantitative estimate of drug-likeness (QED) is 0.786. The van der Waals surface area contributed by atoms with Crippen LogP contribution in [0.15, 0.2) is 11.3 Å². The molecule has 0 bridgehead atoms. The number of nitrogens with zero attached hydrogens (tertiary/aromatic N) is 2. The first-order valence-corrected chi connectivity index (χ1v) is 8.14. The van der Waals surface area contributed by atoms with E-state index in [4.69, 9.17) is 4.74 Å². The summed E-state index contributed by atoms with van der Waals surface area (Å²) in [5.41, 5.74) is 0.755. The molecule has 0 aromatic heterocycles. The zero-order valence-electron chi connectivity index (χ0n) is 13.6. The van der Waals surface area contributed by atoms with Crippen molar-refractivity contribution in [2.45, 2.75) is 32.2 Å². The summed E-state index contributed by atoms with van der Waals surface area (Å²) < 4.78 is 5.45. The van der Waals surface area contributed by atoms with Crippen molar-refractivity contribution in [3.8, 4) is 0 Å². The largest absolute Gasteiger partial charge is 0.498 e. The second kappa shape index (κ2) is 6.22. The fourth-order valence-corrected chi connectivity index (χ4v) is 3.47. The molecule has 7 nitrogen and oxygen atoms in total. The Hall–Kier alpha value is -2.05. The third-order valence-corrected chi connectivity index (χ3v) is 4.94. The molecule has 2 fully saturated rings. The van der Waals surface area contributed by atoms with Gasteiger partial charge in [0.2, 0.25) is 11.8 Å². The van der Waals surface area contributed by atoms with E-state index in [1.807, 2.05) is 6.92 Å². The van der Waals surface area contributed by atoms with Crippen LogP contribution in [0.3, 0.4) is 0 Å². The molecule has 3 aliphatic rings. The van der Waals surface area contributed by atoms with Gasteiger partial charge in [0.25, 0.3) is 5.91 Å². The predicted molar refractivity (Wildman–Crippen MR) is 82.1 cm³/mol. The van der Waals surface area contributed by atoms with E-state index in [9.17, 15) is 14.4 Å². The number of allylic oxidation sites excluding steroid dienone is 1. The smallest absolute Gasteiger partial charge is 0.253 e. The number of nitrogens with one attached hydrogen (secondary N) is 1. The molecule has 1 N–H and O–H groups in total. The van der Waals surface area contributed by atoms with Gasteiger partial charge in [0.1, 0.15) is 5.76 Å². The zero-order valence-corrected chi connectivity index (χ0v) is 13.6. The Morgan fingerprint density at radius 2 is 2.00 bits per heavy atom. The second-order valence-electron chi connectivity index (χ2n) is 6.41. The Kier molecular flexibility index (Phi) is 4.28. The van der Waals surface area contributed by atoms with Crippen molar-refractivity contribution >= 4 is 17.7 Å². The molecule has 0 aromatic rings. The molecule has 126 valence electrons. The normalized spacial score (nSPS) is 25.3. The van der Waals surface area contributed by atoms with Crippen LogP contribution in [-0.2, 0) is 19.1 Å². The maximum absolute atomic E-state index is 12.5. The van der Waals surface area contributed by atoms with Crippen LogP contribution >= 0.6 is 0 Å². The summed E-state index contributed by atoms with van der Waals surface area (Å²) in [4.78, 5) is 39.7. The molecule has 3 rings (SSSR count). The minimum atomic E-state index is -0.269. The van der Waals surface area contributed by atoms with E-state index >= 15 is 0 Å². The standard InChI is InChI=1S/C16H23N3O4/c1-10-13(4-3-5-23-10)16(22)18-8-12(9-18)19-7-11(6-14(19)20)15(21)17-2/h11-12H,3-9H2,1-2H3,(H,17,21). The summed E-state index contributed by atoms with van der Waals surface area (Å²) in [6.07, 6.45) is 1.89. The fourth-order valence-electron chi connectivity index (χ4n) is 3.47. The van der Waals surface area contributed by atoms with Crippen LogP contribution in [-0.4, -0.2) is 66.9 Å². The highest BCUT2D eigenvalue weighted by Crippen LogP contribution is 2.28. The first-order valence-electron chi connectivity index (χ1n) is 8.14. The van der Waals surface area contributed by atoms with E-state index in [2.05, 4.69) is 5.32 Å². The predicted octanol–water partition coefficient (Wildman–Crippen LogP) is -0.124. The van der Waals surface area contributed by atoms with Crippen LogP contribution in [0.25, 0.3) is 0 Å². The molecule has 1 atom stereocenters.